The molecule has 2 amide bonds. The number of nitrogens with one attached hydrogen (secondary N) is 1. The van der Waals surface area contributed by atoms with Gasteiger partial charge in [-0.25, -0.2) is 0 Å². The number of anilines is 2. The smallest absolute Gasteiger partial charge is 0.277 e. The number of nitro groups is 2. The maximum atomic E-state index is 13.1. The first-order valence-corrected chi connectivity index (χ1v) is 10.3. The van der Waals surface area contributed by atoms with Gasteiger partial charge in [-0.3, -0.25) is 40.3 Å². The van der Waals surface area contributed by atoms with E-state index in [-0.39, 0.29) is 18.0 Å². The number of carbonyl (C=O) groups is 2. The zero-order valence-electron chi connectivity index (χ0n) is 18.7. The van der Waals surface area contributed by atoms with Gasteiger partial charge in [0, 0.05) is 31.4 Å². The number of likely N-dealkylation sites (N-methyl/N-ethyl adjacent to an activating group) is 1. The van der Waals surface area contributed by atoms with Gasteiger partial charge in [0.25, 0.3) is 17.3 Å². The summed E-state index contributed by atoms with van der Waals surface area (Å²) in [6.45, 7) is 0.00748. The lowest BCUT2D eigenvalue weighted by Gasteiger charge is -2.27. The van der Waals surface area contributed by atoms with E-state index in [1.54, 1.807) is 55.6 Å². The third-order valence-corrected chi connectivity index (χ3v) is 5.09. The van der Waals surface area contributed by atoms with Crippen molar-refractivity contribution in [3.63, 3.8) is 0 Å². The molecule has 0 bridgehead atoms. The van der Waals surface area contributed by atoms with Crippen molar-refractivity contribution in [1.82, 2.24) is 5.43 Å². The summed E-state index contributed by atoms with van der Waals surface area (Å²) < 4.78 is 0. The number of nitrogens with zero attached hydrogens (tertiary/aromatic N) is 4. The van der Waals surface area contributed by atoms with Gasteiger partial charge in [0.1, 0.15) is 6.54 Å². The fraction of sp³-hybridized carbons (Fsp3) is 0.130. The highest BCUT2D eigenvalue weighted by Crippen LogP contribution is 2.23. The van der Waals surface area contributed by atoms with E-state index in [1.807, 2.05) is 6.07 Å². The highest BCUT2D eigenvalue weighted by Gasteiger charge is 2.23. The molecule has 0 fully saturated rings. The summed E-state index contributed by atoms with van der Waals surface area (Å²) in [4.78, 5) is 48.1. The second kappa shape index (κ2) is 10.9. The zero-order valence-corrected chi connectivity index (χ0v) is 18.7. The minimum atomic E-state index is -0.860. The van der Waals surface area contributed by atoms with Gasteiger partial charge in [-0.2, -0.15) is 0 Å². The Labute approximate surface area is 199 Å². The predicted molar refractivity (Wildman–Crippen MR) is 129 cm³/mol. The Kier molecular flexibility index (Phi) is 7.69. The van der Waals surface area contributed by atoms with Gasteiger partial charge < -0.3 is 10.6 Å². The van der Waals surface area contributed by atoms with Crippen molar-refractivity contribution < 1.29 is 19.4 Å². The third-order valence-electron chi connectivity index (χ3n) is 5.09. The number of benzene rings is 3. The SMILES string of the molecule is CN(C(=O)CN(NC(=O)c1cc([N+](=O)[O-])cc([N+](=O)[O-])c1)c1ccccc1)c1cccc(CN)c1. The summed E-state index contributed by atoms with van der Waals surface area (Å²) in [6, 6.07) is 18.2. The van der Waals surface area contributed by atoms with E-state index < -0.39 is 27.1 Å². The molecule has 0 spiro atoms. The molecule has 35 heavy (non-hydrogen) atoms. The average molecular weight is 478 g/mol. The van der Waals surface area contributed by atoms with E-state index in [1.165, 1.54) is 9.91 Å². The summed E-state index contributed by atoms with van der Waals surface area (Å²) in [7, 11) is 1.58. The van der Waals surface area contributed by atoms with Gasteiger partial charge in [0.05, 0.1) is 27.2 Å². The van der Waals surface area contributed by atoms with Crippen molar-refractivity contribution in [3.05, 3.63) is 104 Å². The van der Waals surface area contributed by atoms with E-state index >= 15 is 0 Å². The maximum absolute atomic E-state index is 13.1. The van der Waals surface area contributed by atoms with Crippen LogP contribution in [-0.2, 0) is 11.3 Å². The molecule has 180 valence electrons. The molecule has 0 aliphatic carbocycles. The molecule has 12 nitrogen and oxygen atoms in total. The van der Waals surface area contributed by atoms with Crippen molar-refractivity contribution in [1.29, 1.82) is 0 Å². The number of non-ortho nitro benzene ring substituents is 2. The lowest BCUT2D eigenvalue weighted by atomic mass is 10.1. The van der Waals surface area contributed by atoms with Crippen LogP contribution in [0.2, 0.25) is 0 Å². The summed E-state index contributed by atoms with van der Waals surface area (Å²) in [5, 5.41) is 23.6. The molecule has 0 aliphatic heterocycles. The van der Waals surface area contributed by atoms with Gasteiger partial charge in [0.2, 0.25) is 5.91 Å². The topological polar surface area (TPSA) is 165 Å². The summed E-state index contributed by atoms with van der Waals surface area (Å²) >= 11 is 0. The Bertz CT molecular complexity index is 1230. The molecule has 0 unspecified atom stereocenters. The molecule has 0 atom stereocenters. The van der Waals surface area contributed by atoms with Gasteiger partial charge in [-0.1, -0.05) is 30.3 Å². The maximum Gasteiger partial charge on any atom is 0.277 e. The zero-order chi connectivity index (χ0) is 25.5. The van der Waals surface area contributed by atoms with Crippen LogP contribution < -0.4 is 21.1 Å². The largest absolute Gasteiger partial charge is 0.326 e. The van der Waals surface area contributed by atoms with Crippen molar-refractivity contribution in [3.8, 4) is 0 Å². The van der Waals surface area contributed by atoms with Crippen LogP contribution in [0.25, 0.3) is 0 Å². The molecule has 0 radical (unpaired) electrons. The van der Waals surface area contributed by atoms with Crippen LogP contribution in [-0.4, -0.2) is 35.3 Å². The molecule has 3 rings (SSSR count). The Hall–Kier alpha value is -4.84. The molecule has 3 N–H and O–H groups in total. The third kappa shape index (κ3) is 6.15. The number of hydrogen-bond donors (Lipinski definition) is 2. The standard InChI is InChI=1S/C23H22N6O6/c1-26(19-9-5-6-16(10-19)14-24)22(30)15-27(18-7-3-2-4-8-18)25-23(31)17-11-20(28(32)33)13-21(12-17)29(34)35/h2-13H,14-15,24H2,1H3,(H,25,31). The molecule has 12 heteroatoms. The van der Waals surface area contributed by atoms with Crippen LogP contribution in [0.1, 0.15) is 15.9 Å². The second-order valence-corrected chi connectivity index (χ2v) is 7.44. The van der Waals surface area contributed by atoms with Gasteiger partial charge in [0.15, 0.2) is 0 Å². The Balaban J connectivity index is 1.88. The predicted octanol–water partition coefficient (Wildman–Crippen LogP) is 2.78. The molecule has 0 aliphatic rings. The van der Waals surface area contributed by atoms with Crippen molar-refractivity contribution in [2.75, 3.05) is 23.5 Å². The number of para-hydroxylation sites is 1. The summed E-state index contributed by atoms with van der Waals surface area (Å²) in [6.07, 6.45) is 0. The van der Waals surface area contributed by atoms with E-state index in [0.29, 0.717) is 17.9 Å². The van der Waals surface area contributed by atoms with E-state index in [2.05, 4.69) is 5.43 Å². The molecule has 0 heterocycles. The fourth-order valence-electron chi connectivity index (χ4n) is 3.20. The lowest BCUT2D eigenvalue weighted by molar-refractivity contribution is -0.394. The number of nitrogens with two attached hydrogens (primary N) is 1. The monoisotopic (exact) mass is 478 g/mol. The summed E-state index contributed by atoms with van der Waals surface area (Å²) in [5.41, 5.74) is 8.58. The molecular formula is C23H22N6O6. The van der Waals surface area contributed by atoms with Crippen molar-refractivity contribution >= 4 is 34.6 Å². The van der Waals surface area contributed by atoms with Gasteiger partial charge in [-0.05, 0) is 29.8 Å². The number of nitro benzene ring substituents is 2. The molecular weight excluding hydrogens is 456 g/mol. The Morgan fingerprint density at radius 2 is 1.49 bits per heavy atom. The van der Waals surface area contributed by atoms with Crippen LogP contribution >= 0.6 is 0 Å². The van der Waals surface area contributed by atoms with E-state index in [9.17, 15) is 29.8 Å². The van der Waals surface area contributed by atoms with Crippen LogP contribution in [0.3, 0.4) is 0 Å². The Morgan fingerprint density at radius 1 is 0.886 bits per heavy atom. The van der Waals surface area contributed by atoms with Gasteiger partial charge >= 0.3 is 0 Å². The number of rotatable bonds is 9. The van der Waals surface area contributed by atoms with Crippen molar-refractivity contribution in [2.45, 2.75) is 6.54 Å². The van der Waals surface area contributed by atoms with Crippen molar-refractivity contribution in [2.24, 2.45) is 5.73 Å². The normalized spacial score (nSPS) is 10.3. The fourth-order valence-corrected chi connectivity index (χ4v) is 3.20. The molecule has 3 aromatic rings. The summed E-state index contributed by atoms with van der Waals surface area (Å²) in [5.74, 6) is -1.24. The molecule has 0 saturated heterocycles. The number of hydrazine groups is 1. The van der Waals surface area contributed by atoms with E-state index in [0.717, 1.165) is 23.8 Å². The number of hydrogen-bond acceptors (Lipinski definition) is 8. The molecule has 0 saturated carbocycles. The first-order chi connectivity index (χ1) is 16.7. The first-order valence-electron chi connectivity index (χ1n) is 10.3. The highest BCUT2D eigenvalue weighted by molar-refractivity contribution is 5.99. The minimum absolute atomic E-state index is 0.296. The van der Waals surface area contributed by atoms with Crippen LogP contribution in [0.15, 0.2) is 72.8 Å². The second-order valence-electron chi connectivity index (χ2n) is 7.44. The first kappa shape index (κ1) is 24.8. The van der Waals surface area contributed by atoms with E-state index in [4.69, 9.17) is 5.73 Å². The van der Waals surface area contributed by atoms with Crippen LogP contribution in [0.4, 0.5) is 22.7 Å². The number of amides is 2. The Morgan fingerprint density at radius 3 is 2.06 bits per heavy atom. The number of carbonyl (C=O) groups excluding carboxylic acids is 2. The molecule has 0 aromatic heterocycles. The quantitative estimate of drug-likeness (QED) is 0.350. The minimum Gasteiger partial charge on any atom is -0.326 e. The van der Waals surface area contributed by atoms with Crippen LogP contribution in [0, 0.1) is 20.2 Å². The lowest BCUT2D eigenvalue weighted by Crippen LogP contribution is -2.48. The molecule has 3 aromatic carbocycles. The van der Waals surface area contributed by atoms with Gasteiger partial charge in [-0.15, -0.1) is 0 Å². The van der Waals surface area contributed by atoms with Crippen LogP contribution in [0.5, 0.6) is 0 Å². The highest BCUT2D eigenvalue weighted by atomic mass is 16.6. The average Bonchev–Trinajstić information content (AvgIpc) is 2.87.